The van der Waals surface area contributed by atoms with Crippen LogP contribution in [0.1, 0.15) is 111 Å². The Morgan fingerprint density at radius 2 is 0.784 bits per heavy atom. The van der Waals surface area contributed by atoms with Gasteiger partial charge in [0.25, 0.3) is 6.71 Å². The van der Waals surface area contributed by atoms with Gasteiger partial charge in [0.1, 0.15) is 0 Å². The number of aromatic nitrogens is 4. The second-order valence-corrected chi connectivity index (χ2v) is 28.1. The van der Waals surface area contributed by atoms with Crippen molar-refractivity contribution in [2.24, 2.45) is 0 Å². The number of rotatable bonds is 7. The van der Waals surface area contributed by atoms with Gasteiger partial charge in [-0.3, -0.25) is 0 Å². The second-order valence-electron chi connectivity index (χ2n) is 28.1. The Labute approximate surface area is 518 Å². The van der Waals surface area contributed by atoms with Gasteiger partial charge in [0.05, 0.1) is 33.9 Å². The minimum Gasteiger partial charge on any atom is -0.311 e. The number of benzene rings is 10. The second kappa shape index (κ2) is 20.7. The molecule has 0 amide bonds. The Bertz CT molecular complexity index is 4540. The summed E-state index contributed by atoms with van der Waals surface area (Å²) in [6.45, 7) is 27.9. The van der Waals surface area contributed by atoms with Gasteiger partial charge in [-0.05, 0) is 150 Å². The van der Waals surface area contributed by atoms with Crippen molar-refractivity contribution < 1.29 is 0 Å². The van der Waals surface area contributed by atoms with E-state index in [0.717, 1.165) is 72.5 Å². The van der Waals surface area contributed by atoms with Gasteiger partial charge in [0.2, 0.25) is 0 Å². The highest BCUT2D eigenvalue weighted by molar-refractivity contribution is 7.00. The monoisotopic (exact) mass is 1140 g/mol. The van der Waals surface area contributed by atoms with Crippen LogP contribution in [0.5, 0.6) is 0 Å². The molecule has 0 unspecified atom stereocenters. The number of para-hydroxylation sites is 3. The van der Waals surface area contributed by atoms with E-state index >= 15 is 0 Å². The molecular formula is C80H72BN7. The van der Waals surface area contributed by atoms with Crippen molar-refractivity contribution in [1.29, 1.82) is 5.26 Å². The fourth-order valence-corrected chi connectivity index (χ4v) is 13.2. The molecule has 0 fully saturated rings. The highest BCUT2D eigenvalue weighted by Crippen LogP contribution is 2.49. The van der Waals surface area contributed by atoms with Crippen molar-refractivity contribution in [3.63, 3.8) is 0 Å². The number of hydrogen-bond donors (Lipinski definition) is 0. The van der Waals surface area contributed by atoms with E-state index in [-0.39, 0.29) is 28.4 Å². The topological polar surface area (TPSA) is 73.9 Å². The van der Waals surface area contributed by atoms with E-state index in [1.807, 2.05) is 72.8 Å². The van der Waals surface area contributed by atoms with Crippen LogP contribution in [0.3, 0.4) is 0 Å². The van der Waals surface area contributed by atoms with Gasteiger partial charge in [-0.1, -0.05) is 223 Å². The van der Waals surface area contributed by atoms with Crippen LogP contribution in [0.25, 0.3) is 72.8 Å². The highest BCUT2D eigenvalue weighted by atomic mass is 15.2. The maximum Gasteiger partial charge on any atom is 0.252 e. The lowest BCUT2D eigenvalue weighted by Crippen LogP contribution is -2.61. The fraction of sp³-hybridized carbons (Fsp3) is 0.200. The van der Waals surface area contributed by atoms with Crippen LogP contribution in [-0.4, -0.2) is 26.2 Å². The zero-order valence-electron chi connectivity index (χ0n) is 52.5. The summed E-state index contributed by atoms with van der Waals surface area (Å²) in [5.74, 6) is 1.48. The molecule has 0 aliphatic carbocycles. The third kappa shape index (κ3) is 9.56. The molecule has 0 saturated carbocycles. The molecule has 14 rings (SSSR count). The molecular weight excluding hydrogens is 1070 g/mol. The Hall–Kier alpha value is -9.84. The van der Waals surface area contributed by atoms with Gasteiger partial charge in [0, 0.05) is 56.0 Å². The van der Waals surface area contributed by atoms with Crippen LogP contribution in [0.2, 0.25) is 0 Å². The molecule has 2 aliphatic rings. The van der Waals surface area contributed by atoms with E-state index in [0.29, 0.717) is 28.6 Å². The summed E-state index contributed by atoms with van der Waals surface area (Å²) < 4.78 is 2.29. The first-order chi connectivity index (χ1) is 42.1. The largest absolute Gasteiger partial charge is 0.311 e. The van der Waals surface area contributed by atoms with E-state index < -0.39 is 0 Å². The minimum atomic E-state index is -0.111. The van der Waals surface area contributed by atoms with Crippen LogP contribution >= 0.6 is 0 Å². The average molecular weight is 1140 g/mol. The maximum atomic E-state index is 11.1. The Morgan fingerprint density at radius 3 is 1.27 bits per heavy atom. The van der Waals surface area contributed by atoms with Gasteiger partial charge in [-0.15, -0.1) is 0 Å². The summed E-state index contributed by atoms with van der Waals surface area (Å²) in [5, 5.41) is 13.2. The lowest BCUT2D eigenvalue weighted by molar-refractivity contribution is 0.568. The van der Waals surface area contributed by atoms with Crippen molar-refractivity contribution in [2.75, 3.05) is 9.80 Å². The summed E-state index contributed by atoms with van der Waals surface area (Å²) >= 11 is 0. The van der Waals surface area contributed by atoms with Crippen molar-refractivity contribution in [2.45, 2.75) is 105 Å². The number of nitriles is 1. The summed E-state index contributed by atoms with van der Waals surface area (Å²) in [6, 6.07) is 81.9. The molecule has 2 aliphatic heterocycles. The van der Waals surface area contributed by atoms with E-state index in [9.17, 15) is 5.26 Å². The van der Waals surface area contributed by atoms with E-state index in [2.05, 4.69) is 249 Å². The first-order valence-electron chi connectivity index (χ1n) is 30.8. The van der Waals surface area contributed by atoms with Crippen molar-refractivity contribution >= 4 is 79.0 Å². The molecule has 0 saturated heterocycles. The average Bonchev–Trinajstić information content (AvgIpc) is 1.25. The molecule has 4 heterocycles. The predicted octanol–water partition coefficient (Wildman–Crippen LogP) is 18.8. The molecule has 12 aromatic rings. The van der Waals surface area contributed by atoms with Gasteiger partial charge in [-0.2, -0.15) is 5.26 Å². The Morgan fingerprint density at radius 1 is 0.352 bits per heavy atom. The number of anilines is 6. The van der Waals surface area contributed by atoms with Crippen LogP contribution < -0.4 is 26.2 Å². The SMILES string of the molecule is CC(C)(C)c1cc(N2c3ccccc3B3c4ccccc4N(c4cc(C(C)(C)C)cc(C(C)(C)C)c4)c4cc(-c5ccc6c(c5)c5ccccc5n6-c5cccc(C#N)c5-c5nc(-c6ccccc6)nc(-c6ccccc6)n5)cc2c43)cc(C(C)(C)C)c1. The lowest BCUT2D eigenvalue weighted by Gasteiger charge is -2.45. The quantitative estimate of drug-likeness (QED) is 0.148. The van der Waals surface area contributed by atoms with Crippen LogP contribution in [-0.2, 0) is 21.7 Å². The lowest BCUT2D eigenvalue weighted by atomic mass is 9.33. The summed E-state index contributed by atoms with van der Waals surface area (Å²) in [7, 11) is 0. The van der Waals surface area contributed by atoms with Gasteiger partial charge < -0.3 is 14.4 Å². The summed E-state index contributed by atoms with van der Waals surface area (Å²) in [6.07, 6.45) is 0. The molecule has 0 spiro atoms. The molecule has 0 N–H and O–H groups in total. The molecule has 0 radical (unpaired) electrons. The fourth-order valence-electron chi connectivity index (χ4n) is 13.2. The number of nitrogens with zero attached hydrogens (tertiary/aromatic N) is 7. The molecule has 7 nitrogen and oxygen atoms in total. The molecule has 0 bridgehead atoms. The van der Waals surface area contributed by atoms with Gasteiger partial charge in [0.15, 0.2) is 17.5 Å². The smallest absolute Gasteiger partial charge is 0.252 e. The Balaban J connectivity index is 1.05. The molecule has 8 heteroatoms. The predicted molar refractivity (Wildman–Crippen MR) is 369 cm³/mol. The highest BCUT2D eigenvalue weighted by Gasteiger charge is 2.44. The van der Waals surface area contributed by atoms with Crippen molar-refractivity contribution in [1.82, 2.24) is 19.5 Å². The van der Waals surface area contributed by atoms with Crippen LogP contribution in [0, 0.1) is 11.3 Å². The number of hydrogen-bond acceptors (Lipinski definition) is 6. The first kappa shape index (κ1) is 56.0. The Kier molecular flexibility index (Phi) is 13.2. The van der Waals surface area contributed by atoms with Crippen molar-refractivity contribution in [3.8, 4) is 57.0 Å². The molecule has 88 heavy (non-hydrogen) atoms. The van der Waals surface area contributed by atoms with Crippen molar-refractivity contribution in [3.05, 3.63) is 246 Å². The standard InChI is InChI=1S/C80H72BN7/c1-77(2,3)55-43-56(78(4,5)6)46-59(45-55)86-67-35-23-20-32-63(67)81-64-33-21-24-36-68(64)87(60-47-57(79(7,8)9)44-58(48-60)80(10,11)12)71-42-54(41-70(86)73(71)81)52-38-39-66-62(40-52)61-31-19-22-34-65(61)88(66)69-37-25-30-53(49-82)72(69)76-84-74(50-26-15-13-16-27-50)83-75(85-76)51-28-17-14-18-29-51/h13-48H,1-12H3. The minimum absolute atomic E-state index is 0.0459. The third-order valence-electron chi connectivity index (χ3n) is 18.0. The summed E-state index contributed by atoms with van der Waals surface area (Å²) in [5.41, 5.74) is 23.4. The molecule has 10 aromatic carbocycles. The third-order valence-corrected chi connectivity index (χ3v) is 18.0. The maximum absolute atomic E-state index is 11.1. The zero-order valence-corrected chi connectivity index (χ0v) is 52.5. The van der Waals surface area contributed by atoms with E-state index in [4.69, 9.17) is 15.0 Å². The zero-order chi connectivity index (χ0) is 61.2. The molecule has 430 valence electrons. The van der Waals surface area contributed by atoms with Crippen LogP contribution in [0.15, 0.2) is 218 Å². The number of fused-ring (bicyclic) bond motifs is 7. The van der Waals surface area contributed by atoms with Gasteiger partial charge in [-0.25, -0.2) is 15.0 Å². The normalized spacial score (nSPS) is 13.1. The van der Waals surface area contributed by atoms with E-state index in [1.54, 1.807) is 0 Å². The molecule has 0 atom stereocenters. The van der Waals surface area contributed by atoms with E-state index in [1.165, 1.54) is 50.0 Å². The first-order valence-corrected chi connectivity index (χ1v) is 30.8. The van der Waals surface area contributed by atoms with Gasteiger partial charge >= 0.3 is 0 Å². The van der Waals surface area contributed by atoms with Crippen LogP contribution in [0.4, 0.5) is 34.1 Å². The summed E-state index contributed by atoms with van der Waals surface area (Å²) in [4.78, 5) is 20.6. The molecule has 2 aromatic heterocycles.